The van der Waals surface area contributed by atoms with Crippen LogP contribution in [0.5, 0.6) is 0 Å². The zero-order chi connectivity index (χ0) is 10.7. The number of nitrogens with zero attached hydrogens (tertiary/aromatic N) is 3. The summed E-state index contributed by atoms with van der Waals surface area (Å²) < 4.78 is 7.19. The van der Waals surface area contributed by atoms with Gasteiger partial charge in [-0.05, 0) is 19.1 Å². The van der Waals surface area contributed by atoms with Gasteiger partial charge in [0.15, 0.2) is 0 Å². The van der Waals surface area contributed by atoms with Crippen LogP contribution >= 0.6 is 11.6 Å². The normalized spacial score (nSPS) is 10.8. The second-order valence-corrected chi connectivity index (χ2v) is 3.74. The zero-order valence-corrected chi connectivity index (χ0v) is 9.24. The fourth-order valence-corrected chi connectivity index (χ4v) is 1.55. The van der Waals surface area contributed by atoms with E-state index in [9.17, 15) is 0 Å². The van der Waals surface area contributed by atoms with E-state index < -0.39 is 0 Å². The molecule has 0 N–H and O–H groups in total. The first kappa shape index (κ1) is 10.2. The van der Waals surface area contributed by atoms with E-state index in [4.69, 9.17) is 16.0 Å². The Bertz CT molecular complexity index is 435. The topological polar surface area (TPSA) is 43.9 Å². The second-order valence-electron chi connectivity index (χ2n) is 3.36. The van der Waals surface area contributed by atoms with Crippen LogP contribution in [0.25, 0.3) is 0 Å². The summed E-state index contributed by atoms with van der Waals surface area (Å²) in [4.78, 5) is 0. The highest BCUT2D eigenvalue weighted by atomic mass is 35.5. The summed E-state index contributed by atoms with van der Waals surface area (Å²) >= 11 is 5.61. The van der Waals surface area contributed by atoms with E-state index in [1.165, 1.54) is 0 Å². The van der Waals surface area contributed by atoms with Gasteiger partial charge in [-0.15, -0.1) is 16.7 Å². The fraction of sp³-hybridized carbons (Fsp3) is 0.400. The molecule has 0 aromatic carbocycles. The van der Waals surface area contributed by atoms with Gasteiger partial charge in [0, 0.05) is 18.5 Å². The monoisotopic (exact) mass is 225 g/mol. The first-order valence-corrected chi connectivity index (χ1v) is 5.31. The van der Waals surface area contributed by atoms with Crippen LogP contribution in [0, 0.1) is 6.92 Å². The number of alkyl halides is 1. The zero-order valence-electron chi connectivity index (χ0n) is 8.48. The molecule has 0 radical (unpaired) electrons. The Morgan fingerprint density at radius 2 is 2.33 bits per heavy atom. The third-order valence-corrected chi connectivity index (χ3v) is 2.24. The Labute approximate surface area is 92.8 Å². The van der Waals surface area contributed by atoms with Crippen molar-refractivity contribution in [3.05, 3.63) is 35.5 Å². The van der Waals surface area contributed by atoms with Crippen LogP contribution < -0.4 is 0 Å². The first-order valence-electron chi connectivity index (χ1n) is 4.78. The van der Waals surface area contributed by atoms with Crippen molar-refractivity contribution in [2.45, 2.75) is 19.9 Å². The van der Waals surface area contributed by atoms with Gasteiger partial charge >= 0.3 is 0 Å². The van der Waals surface area contributed by atoms with Gasteiger partial charge in [0.1, 0.15) is 18.1 Å². The number of furan rings is 1. The molecule has 0 fully saturated rings. The van der Waals surface area contributed by atoms with Crippen LogP contribution in [0.3, 0.4) is 0 Å². The molecule has 0 aliphatic carbocycles. The van der Waals surface area contributed by atoms with Crippen molar-refractivity contribution < 1.29 is 4.42 Å². The molecule has 0 saturated heterocycles. The molecule has 0 aliphatic heterocycles. The van der Waals surface area contributed by atoms with Crippen LogP contribution in [0.1, 0.15) is 17.2 Å². The van der Waals surface area contributed by atoms with Crippen LogP contribution in [-0.2, 0) is 13.0 Å². The molecule has 2 aromatic heterocycles. The number of hydrogen-bond donors (Lipinski definition) is 0. The van der Waals surface area contributed by atoms with E-state index in [1.54, 1.807) is 4.68 Å². The molecule has 5 heteroatoms. The van der Waals surface area contributed by atoms with Crippen molar-refractivity contribution in [3.63, 3.8) is 0 Å². The molecule has 2 rings (SSSR count). The van der Waals surface area contributed by atoms with E-state index in [0.29, 0.717) is 12.4 Å². The summed E-state index contributed by atoms with van der Waals surface area (Å²) in [5, 5.41) is 7.98. The lowest BCUT2D eigenvalue weighted by Crippen LogP contribution is -1.98. The Morgan fingerprint density at radius 1 is 1.47 bits per heavy atom. The lowest BCUT2D eigenvalue weighted by atomic mass is 10.4. The lowest BCUT2D eigenvalue weighted by Gasteiger charge is -1.95. The molecule has 15 heavy (non-hydrogen) atoms. The first-order chi connectivity index (χ1) is 7.28. The number of aryl methyl sites for hydroxylation is 2. The highest BCUT2D eigenvalue weighted by Gasteiger charge is 2.03. The minimum Gasteiger partial charge on any atom is -0.464 e. The van der Waals surface area contributed by atoms with Crippen molar-refractivity contribution >= 4 is 11.6 Å². The number of hydrogen-bond acceptors (Lipinski definition) is 3. The van der Waals surface area contributed by atoms with Crippen molar-refractivity contribution in [3.8, 4) is 0 Å². The molecule has 2 heterocycles. The minimum atomic E-state index is 0.568. The molecule has 80 valence electrons. The number of halogens is 1. The minimum absolute atomic E-state index is 0.568. The van der Waals surface area contributed by atoms with Crippen LogP contribution in [0.2, 0.25) is 0 Å². The van der Waals surface area contributed by atoms with Gasteiger partial charge in [0.25, 0.3) is 0 Å². The van der Waals surface area contributed by atoms with Gasteiger partial charge in [-0.3, -0.25) is 0 Å². The average molecular weight is 226 g/mol. The third-order valence-electron chi connectivity index (χ3n) is 2.05. The summed E-state index contributed by atoms with van der Waals surface area (Å²) in [6, 6.07) is 3.88. The van der Waals surface area contributed by atoms with Gasteiger partial charge in [-0.25, -0.2) is 4.68 Å². The molecule has 0 aliphatic rings. The van der Waals surface area contributed by atoms with E-state index in [2.05, 4.69) is 10.3 Å². The Hall–Kier alpha value is -1.29. The Morgan fingerprint density at radius 3 is 3.00 bits per heavy atom. The predicted molar refractivity (Wildman–Crippen MR) is 57.0 cm³/mol. The summed E-state index contributed by atoms with van der Waals surface area (Å²) in [5.74, 6) is 2.36. The predicted octanol–water partition coefficient (Wildman–Crippen LogP) is 2.01. The second kappa shape index (κ2) is 4.49. The van der Waals surface area contributed by atoms with E-state index >= 15 is 0 Å². The van der Waals surface area contributed by atoms with Gasteiger partial charge in [-0.1, -0.05) is 5.21 Å². The molecular weight excluding hydrogens is 214 g/mol. The molecule has 0 saturated carbocycles. The highest BCUT2D eigenvalue weighted by Crippen LogP contribution is 2.08. The van der Waals surface area contributed by atoms with E-state index in [1.807, 2.05) is 25.3 Å². The van der Waals surface area contributed by atoms with Crippen LogP contribution in [0.4, 0.5) is 0 Å². The number of rotatable bonds is 4. The molecule has 0 bridgehead atoms. The van der Waals surface area contributed by atoms with Crippen molar-refractivity contribution in [1.82, 2.24) is 15.0 Å². The maximum absolute atomic E-state index is 5.61. The summed E-state index contributed by atoms with van der Waals surface area (Å²) in [6.07, 6.45) is 2.64. The van der Waals surface area contributed by atoms with Gasteiger partial charge in [-0.2, -0.15) is 0 Å². The number of aromatic nitrogens is 3. The molecule has 0 unspecified atom stereocenters. The molecule has 2 aromatic rings. The molecular formula is C10H12ClN3O. The van der Waals surface area contributed by atoms with E-state index in [-0.39, 0.29) is 0 Å². The average Bonchev–Trinajstić information content (AvgIpc) is 2.78. The molecule has 0 atom stereocenters. The largest absolute Gasteiger partial charge is 0.464 e. The molecule has 0 amide bonds. The highest BCUT2D eigenvalue weighted by molar-refractivity contribution is 6.17. The van der Waals surface area contributed by atoms with Crippen molar-refractivity contribution in [2.24, 2.45) is 0 Å². The van der Waals surface area contributed by atoms with Crippen LogP contribution in [0.15, 0.2) is 22.7 Å². The van der Waals surface area contributed by atoms with Gasteiger partial charge in [0.05, 0.1) is 5.69 Å². The van der Waals surface area contributed by atoms with Gasteiger partial charge in [0.2, 0.25) is 0 Å². The van der Waals surface area contributed by atoms with Crippen molar-refractivity contribution in [1.29, 1.82) is 0 Å². The van der Waals surface area contributed by atoms with Gasteiger partial charge < -0.3 is 4.42 Å². The maximum Gasteiger partial charge on any atom is 0.125 e. The van der Waals surface area contributed by atoms with E-state index in [0.717, 1.165) is 23.6 Å². The summed E-state index contributed by atoms with van der Waals surface area (Å²) in [7, 11) is 0. The maximum atomic E-state index is 5.61. The third kappa shape index (κ3) is 2.59. The smallest absolute Gasteiger partial charge is 0.125 e. The van der Waals surface area contributed by atoms with Crippen molar-refractivity contribution in [2.75, 3.05) is 5.88 Å². The SMILES string of the molecule is Cc1ccc(Cn2cc(CCCl)nn2)o1. The molecule has 4 nitrogen and oxygen atoms in total. The Kier molecular flexibility index (Phi) is 3.06. The Balaban J connectivity index is 2.04. The van der Waals surface area contributed by atoms with Crippen LogP contribution in [-0.4, -0.2) is 20.9 Å². The fourth-order valence-electron chi connectivity index (χ4n) is 1.36. The quantitative estimate of drug-likeness (QED) is 0.748. The molecule has 0 spiro atoms. The lowest BCUT2D eigenvalue weighted by molar-refractivity contribution is 0.455. The summed E-state index contributed by atoms with van der Waals surface area (Å²) in [5.41, 5.74) is 0.910. The standard InChI is InChI=1S/C10H12ClN3O/c1-8-2-3-10(15-8)7-14-6-9(4-5-11)12-13-14/h2-3,6H,4-5,7H2,1H3. The summed E-state index contributed by atoms with van der Waals surface area (Å²) in [6.45, 7) is 2.53.